The first-order valence-electron chi connectivity index (χ1n) is 8.48. The molecular weight excluding hydrogens is 266 g/mol. The van der Waals surface area contributed by atoms with Gasteiger partial charge in [0.15, 0.2) is 0 Å². The number of carbonyl (C=O) groups excluding carboxylic acids is 2. The number of likely N-dealkylation sites (tertiary alicyclic amines) is 1. The zero-order chi connectivity index (χ0) is 15.1. The zero-order valence-electron chi connectivity index (χ0n) is 13.2. The lowest BCUT2D eigenvalue weighted by molar-refractivity contribution is -0.132. The third-order valence-corrected chi connectivity index (χ3v) is 4.46. The molecule has 0 aliphatic carbocycles. The van der Waals surface area contributed by atoms with Gasteiger partial charge in [-0.3, -0.25) is 9.59 Å². The van der Waals surface area contributed by atoms with Crippen molar-refractivity contribution in [3.8, 4) is 0 Å². The highest BCUT2D eigenvalue weighted by Crippen LogP contribution is 2.12. The summed E-state index contributed by atoms with van der Waals surface area (Å²) in [5, 5.41) is 6.26. The number of nitrogens with one attached hydrogen (secondary N) is 2. The second-order valence-electron chi connectivity index (χ2n) is 6.41. The van der Waals surface area contributed by atoms with Gasteiger partial charge >= 0.3 is 0 Å². The van der Waals surface area contributed by atoms with Gasteiger partial charge in [0.1, 0.15) is 0 Å². The average molecular weight is 295 g/mol. The first kappa shape index (κ1) is 16.3. The van der Waals surface area contributed by atoms with Gasteiger partial charge in [0.2, 0.25) is 11.8 Å². The van der Waals surface area contributed by atoms with E-state index in [0.29, 0.717) is 6.42 Å². The predicted octanol–water partition coefficient (Wildman–Crippen LogP) is 1.43. The van der Waals surface area contributed by atoms with E-state index in [1.165, 1.54) is 12.8 Å². The van der Waals surface area contributed by atoms with E-state index in [2.05, 4.69) is 10.6 Å². The summed E-state index contributed by atoms with van der Waals surface area (Å²) in [5.74, 6) is 0.313. The molecule has 2 aliphatic rings. The van der Waals surface area contributed by atoms with Crippen molar-refractivity contribution >= 4 is 11.8 Å². The van der Waals surface area contributed by atoms with Crippen molar-refractivity contribution in [1.82, 2.24) is 15.5 Å². The van der Waals surface area contributed by atoms with Crippen molar-refractivity contribution in [2.75, 3.05) is 19.6 Å². The standard InChI is InChI=1S/C16H29N3O2/c1-13(18-14-8-4-5-9-17-16(14)21)12-15(20)19-10-6-2-3-7-11-19/h13-14,18H,2-12H2,1H3,(H,17,21)/t13-,14-/m1/s1. The molecule has 0 aromatic rings. The van der Waals surface area contributed by atoms with Gasteiger partial charge < -0.3 is 15.5 Å². The van der Waals surface area contributed by atoms with Crippen LogP contribution in [-0.4, -0.2) is 48.4 Å². The van der Waals surface area contributed by atoms with Crippen LogP contribution >= 0.6 is 0 Å². The van der Waals surface area contributed by atoms with Crippen LogP contribution in [0.4, 0.5) is 0 Å². The van der Waals surface area contributed by atoms with Crippen LogP contribution < -0.4 is 10.6 Å². The van der Waals surface area contributed by atoms with Crippen molar-refractivity contribution < 1.29 is 9.59 Å². The smallest absolute Gasteiger partial charge is 0.237 e. The molecule has 2 amide bonds. The Kier molecular flexibility index (Phi) is 6.49. The minimum atomic E-state index is -0.139. The number of hydrogen-bond acceptors (Lipinski definition) is 3. The molecule has 0 spiro atoms. The molecule has 2 atom stereocenters. The van der Waals surface area contributed by atoms with E-state index in [9.17, 15) is 9.59 Å². The summed E-state index contributed by atoms with van der Waals surface area (Å²) in [5.41, 5.74) is 0. The Morgan fingerprint density at radius 2 is 1.95 bits per heavy atom. The Labute approximate surface area is 127 Å². The van der Waals surface area contributed by atoms with E-state index < -0.39 is 0 Å². The lowest BCUT2D eigenvalue weighted by atomic mass is 10.1. The molecule has 2 fully saturated rings. The largest absolute Gasteiger partial charge is 0.355 e. The van der Waals surface area contributed by atoms with Gasteiger partial charge in [-0.1, -0.05) is 12.8 Å². The molecule has 0 bridgehead atoms. The minimum Gasteiger partial charge on any atom is -0.355 e. The first-order chi connectivity index (χ1) is 10.2. The van der Waals surface area contributed by atoms with E-state index in [-0.39, 0.29) is 23.9 Å². The average Bonchev–Trinajstić information content (AvgIpc) is 2.83. The van der Waals surface area contributed by atoms with Gasteiger partial charge in [-0.05, 0) is 39.0 Å². The third kappa shape index (κ3) is 5.30. The molecule has 0 radical (unpaired) electrons. The van der Waals surface area contributed by atoms with Crippen LogP contribution in [0.1, 0.15) is 58.3 Å². The fourth-order valence-electron chi connectivity index (χ4n) is 3.21. The lowest BCUT2D eigenvalue weighted by Gasteiger charge is -2.25. The molecule has 2 saturated heterocycles. The second kappa shape index (κ2) is 8.37. The lowest BCUT2D eigenvalue weighted by Crippen LogP contribution is -2.48. The summed E-state index contributed by atoms with van der Waals surface area (Å²) in [6, 6.07) is -0.0889. The molecule has 5 heteroatoms. The molecule has 21 heavy (non-hydrogen) atoms. The van der Waals surface area contributed by atoms with Crippen LogP contribution in [0.25, 0.3) is 0 Å². The van der Waals surface area contributed by atoms with Crippen LogP contribution in [0.3, 0.4) is 0 Å². The summed E-state index contributed by atoms with van der Waals surface area (Å²) in [6.45, 7) is 4.58. The number of amides is 2. The molecule has 0 aromatic heterocycles. The van der Waals surface area contributed by atoms with E-state index in [0.717, 1.165) is 51.7 Å². The van der Waals surface area contributed by atoms with Crippen LogP contribution in [-0.2, 0) is 9.59 Å². The molecule has 0 unspecified atom stereocenters. The normalized spacial score (nSPS) is 25.7. The molecule has 2 rings (SSSR count). The Balaban J connectivity index is 1.78. The van der Waals surface area contributed by atoms with Crippen molar-refractivity contribution in [3.05, 3.63) is 0 Å². The summed E-state index contributed by atoms with van der Waals surface area (Å²) in [6.07, 6.45) is 8.18. The SMILES string of the molecule is C[C@H](CC(=O)N1CCCCCC1)N[C@@H]1CCCCNC1=O. The highest BCUT2D eigenvalue weighted by Gasteiger charge is 2.24. The minimum absolute atomic E-state index is 0.0506. The van der Waals surface area contributed by atoms with Crippen molar-refractivity contribution in [2.45, 2.75) is 70.4 Å². The molecule has 120 valence electrons. The topological polar surface area (TPSA) is 61.4 Å². The van der Waals surface area contributed by atoms with Gasteiger partial charge in [0.25, 0.3) is 0 Å². The highest BCUT2D eigenvalue weighted by atomic mass is 16.2. The number of hydrogen-bond donors (Lipinski definition) is 2. The van der Waals surface area contributed by atoms with Crippen LogP contribution in [0.5, 0.6) is 0 Å². The molecular formula is C16H29N3O2. The summed E-state index contributed by atoms with van der Waals surface area (Å²) in [4.78, 5) is 26.2. The molecule has 2 heterocycles. The van der Waals surface area contributed by atoms with Crippen LogP contribution in [0.2, 0.25) is 0 Å². The Morgan fingerprint density at radius 1 is 1.24 bits per heavy atom. The second-order valence-corrected chi connectivity index (χ2v) is 6.41. The molecule has 0 aromatic carbocycles. The molecule has 5 nitrogen and oxygen atoms in total. The Bertz CT molecular complexity index is 351. The fourth-order valence-corrected chi connectivity index (χ4v) is 3.21. The monoisotopic (exact) mass is 295 g/mol. The van der Waals surface area contributed by atoms with Crippen LogP contribution in [0.15, 0.2) is 0 Å². The maximum atomic E-state index is 12.3. The summed E-state index contributed by atoms with van der Waals surface area (Å²) >= 11 is 0. The number of rotatable bonds is 4. The maximum Gasteiger partial charge on any atom is 0.237 e. The van der Waals surface area contributed by atoms with E-state index in [1.807, 2.05) is 11.8 Å². The van der Waals surface area contributed by atoms with E-state index in [4.69, 9.17) is 0 Å². The quantitative estimate of drug-likeness (QED) is 0.825. The Hall–Kier alpha value is -1.10. The van der Waals surface area contributed by atoms with Gasteiger partial charge in [-0.25, -0.2) is 0 Å². The van der Waals surface area contributed by atoms with Crippen molar-refractivity contribution in [2.24, 2.45) is 0 Å². The number of carbonyl (C=O) groups is 2. The van der Waals surface area contributed by atoms with Crippen molar-refractivity contribution in [3.63, 3.8) is 0 Å². The summed E-state index contributed by atoms with van der Waals surface area (Å²) < 4.78 is 0. The maximum absolute atomic E-state index is 12.3. The summed E-state index contributed by atoms with van der Waals surface area (Å²) in [7, 11) is 0. The van der Waals surface area contributed by atoms with E-state index >= 15 is 0 Å². The molecule has 2 N–H and O–H groups in total. The fraction of sp³-hybridized carbons (Fsp3) is 0.875. The Morgan fingerprint density at radius 3 is 2.67 bits per heavy atom. The van der Waals surface area contributed by atoms with Crippen LogP contribution in [0, 0.1) is 0 Å². The van der Waals surface area contributed by atoms with Gasteiger partial charge in [0.05, 0.1) is 6.04 Å². The molecule has 2 aliphatic heterocycles. The molecule has 0 saturated carbocycles. The van der Waals surface area contributed by atoms with Gasteiger partial charge in [-0.15, -0.1) is 0 Å². The highest BCUT2D eigenvalue weighted by molar-refractivity contribution is 5.82. The van der Waals surface area contributed by atoms with Gasteiger partial charge in [-0.2, -0.15) is 0 Å². The van der Waals surface area contributed by atoms with Crippen molar-refractivity contribution in [1.29, 1.82) is 0 Å². The third-order valence-electron chi connectivity index (χ3n) is 4.46. The zero-order valence-corrected chi connectivity index (χ0v) is 13.2. The predicted molar refractivity (Wildman–Crippen MR) is 82.9 cm³/mol. The van der Waals surface area contributed by atoms with E-state index in [1.54, 1.807) is 0 Å². The van der Waals surface area contributed by atoms with Gasteiger partial charge in [0, 0.05) is 32.1 Å². The number of nitrogens with zero attached hydrogens (tertiary/aromatic N) is 1. The first-order valence-corrected chi connectivity index (χ1v) is 8.48.